The maximum atomic E-state index is 13.8. The number of likely N-dealkylation sites (tertiary alicyclic amines) is 1. The maximum Gasteiger partial charge on any atom is 0.325 e. The minimum atomic E-state index is -0.978. The molecule has 0 aliphatic carbocycles. The second-order valence-electron chi connectivity index (χ2n) is 5.66. The van der Waals surface area contributed by atoms with Gasteiger partial charge in [0.05, 0.1) is 7.11 Å². The van der Waals surface area contributed by atoms with Crippen molar-refractivity contribution in [2.45, 2.75) is 18.9 Å². The van der Waals surface area contributed by atoms with Gasteiger partial charge in [-0.05, 0) is 50.7 Å². The number of carboxylic acid groups (broad SMARTS) is 1. The zero-order chi connectivity index (χ0) is 16.1. The molecular weight excluding hydrogens is 287 g/mol. The van der Waals surface area contributed by atoms with Crippen LogP contribution >= 0.6 is 0 Å². The first kappa shape index (κ1) is 16.7. The predicted octanol–water partition coefficient (Wildman–Crippen LogP) is 1.99. The largest absolute Gasteiger partial charge is 0.494 e. The Morgan fingerprint density at radius 2 is 2.14 bits per heavy atom. The fraction of sp³-hybridized carbons (Fsp3) is 0.562. The van der Waals surface area contributed by atoms with Crippen molar-refractivity contribution in [3.63, 3.8) is 0 Å². The third-order valence-electron chi connectivity index (χ3n) is 4.13. The van der Waals surface area contributed by atoms with Gasteiger partial charge in [0.1, 0.15) is 6.04 Å². The Morgan fingerprint density at radius 3 is 2.68 bits per heavy atom. The van der Waals surface area contributed by atoms with E-state index in [-0.39, 0.29) is 5.75 Å². The van der Waals surface area contributed by atoms with Gasteiger partial charge in [-0.2, -0.15) is 0 Å². The van der Waals surface area contributed by atoms with E-state index in [0.717, 1.165) is 19.6 Å². The standard InChI is InChI=1S/C16H23FN2O3/c1-18(9-10-19-7-3-4-8-19)15(16(20)21)12-5-6-14(22-2)13(17)11-12/h5-6,11,15H,3-4,7-10H2,1-2H3,(H,20,21)/t15-/m0/s1. The van der Waals surface area contributed by atoms with Crippen LogP contribution in [0.15, 0.2) is 18.2 Å². The summed E-state index contributed by atoms with van der Waals surface area (Å²) in [6.45, 7) is 3.61. The molecule has 1 aromatic carbocycles. The summed E-state index contributed by atoms with van der Waals surface area (Å²) in [6.07, 6.45) is 2.41. The van der Waals surface area contributed by atoms with E-state index in [1.807, 2.05) is 0 Å². The first-order valence-electron chi connectivity index (χ1n) is 7.51. The Morgan fingerprint density at radius 1 is 1.45 bits per heavy atom. The number of hydrogen-bond donors (Lipinski definition) is 1. The molecule has 1 aliphatic heterocycles. The van der Waals surface area contributed by atoms with Crippen LogP contribution in [0, 0.1) is 5.82 Å². The lowest BCUT2D eigenvalue weighted by molar-refractivity contribution is -0.143. The summed E-state index contributed by atoms with van der Waals surface area (Å²) in [7, 11) is 3.14. The summed E-state index contributed by atoms with van der Waals surface area (Å²) < 4.78 is 18.7. The van der Waals surface area contributed by atoms with Gasteiger partial charge in [-0.15, -0.1) is 0 Å². The molecule has 22 heavy (non-hydrogen) atoms. The van der Waals surface area contributed by atoms with E-state index in [1.165, 1.54) is 32.1 Å². The molecule has 1 fully saturated rings. The van der Waals surface area contributed by atoms with Gasteiger partial charge in [0.2, 0.25) is 0 Å². The molecule has 0 bridgehead atoms. The number of rotatable bonds is 7. The zero-order valence-electron chi connectivity index (χ0n) is 13.1. The van der Waals surface area contributed by atoms with Crippen LogP contribution in [0.5, 0.6) is 5.75 Å². The molecule has 0 aromatic heterocycles. The Bertz CT molecular complexity index is 518. The highest BCUT2D eigenvalue weighted by Crippen LogP contribution is 2.25. The Labute approximate surface area is 130 Å². The predicted molar refractivity (Wildman–Crippen MR) is 81.6 cm³/mol. The number of halogens is 1. The third-order valence-corrected chi connectivity index (χ3v) is 4.13. The number of carbonyl (C=O) groups is 1. The van der Waals surface area contributed by atoms with Gasteiger partial charge >= 0.3 is 5.97 Å². The van der Waals surface area contributed by atoms with Crippen LogP contribution < -0.4 is 4.74 Å². The number of methoxy groups -OCH3 is 1. The molecule has 0 spiro atoms. The molecule has 1 heterocycles. The first-order valence-corrected chi connectivity index (χ1v) is 7.51. The summed E-state index contributed by atoms with van der Waals surface area (Å²) in [4.78, 5) is 15.7. The number of aliphatic carboxylic acids is 1. The Balaban J connectivity index is 2.07. The smallest absolute Gasteiger partial charge is 0.325 e. The maximum absolute atomic E-state index is 13.8. The summed E-state index contributed by atoms with van der Waals surface area (Å²) in [5.74, 6) is -1.40. The molecule has 1 saturated heterocycles. The number of nitrogens with zero attached hydrogens (tertiary/aromatic N) is 2. The highest BCUT2D eigenvalue weighted by molar-refractivity contribution is 5.75. The van der Waals surface area contributed by atoms with Crippen LogP contribution in [0.3, 0.4) is 0 Å². The van der Waals surface area contributed by atoms with Gasteiger partial charge in [0.25, 0.3) is 0 Å². The normalized spacial score (nSPS) is 16.9. The molecule has 5 nitrogen and oxygen atoms in total. The molecule has 2 rings (SSSR count). The van der Waals surface area contributed by atoms with Gasteiger partial charge < -0.3 is 14.7 Å². The van der Waals surface area contributed by atoms with Crippen molar-refractivity contribution in [3.8, 4) is 5.75 Å². The minimum Gasteiger partial charge on any atom is -0.494 e. The highest BCUT2D eigenvalue weighted by Gasteiger charge is 2.26. The average molecular weight is 310 g/mol. The van der Waals surface area contributed by atoms with Crippen molar-refractivity contribution in [1.29, 1.82) is 0 Å². The van der Waals surface area contributed by atoms with Gasteiger partial charge in [-0.25, -0.2) is 4.39 Å². The van der Waals surface area contributed by atoms with Crippen molar-refractivity contribution in [1.82, 2.24) is 9.80 Å². The topological polar surface area (TPSA) is 53.0 Å². The van der Waals surface area contributed by atoms with Gasteiger partial charge in [0.15, 0.2) is 11.6 Å². The van der Waals surface area contributed by atoms with Gasteiger partial charge in [-0.1, -0.05) is 6.07 Å². The fourth-order valence-electron chi connectivity index (χ4n) is 2.87. The van der Waals surface area contributed by atoms with Crippen LogP contribution in [-0.4, -0.2) is 61.2 Å². The Hall–Kier alpha value is -1.66. The first-order chi connectivity index (χ1) is 10.5. The lowest BCUT2D eigenvalue weighted by Crippen LogP contribution is -2.37. The third kappa shape index (κ3) is 3.96. The van der Waals surface area contributed by atoms with Crippen LogP contribution in [0.4, 0.5) is 4.39 Å². The number of benzene rings is 1. The van der Waals surface area contributed by atoms with E-state index in [0.29, 0.717) is 12.1 Å². The average Bonchev–Trinajstić information content (AvgIpc) is 2.98. The molecule has 122 valence electrons. The van der Waals surface area contributed by atoms with Crippen molar-refractivity contribution in [2.75, 3.05) is 40.3 Å². The zero-order valence-corrected chi connectivity index (χ0v) is 13.1. The number of hydrogen-bond acceptors (Lipinski definition) is 4. The van der Waals surface area contributed by atoms with Gasteiger partial charge in [-0.3, -0.25) is 9.69 Å². The monoisotopic (exact) mass is 310 g/mol. The van der Waals surface area contributed by atoms with E-state index in [4.69, 9.17) is 4.74 Å². The number of likely N-dealkylation sites (N-methyl/N-ethyl adjacent to an activating group) is 1. The molecule has 0 saturated carbocycles. The summed E-state index contributed by atoms with van der Waals surface area (Å²) >= 11 is 0. The molecule has 1 aliphatic rings. The van der Waals surface area contributed by atoms with Crippen LogP contribution in [0.1, 0.15) is 24.4 Å². The Kier molecular flexibility index (Phi) is 5.74. The van der Waals surface area contributed by atoms with Crippen molar-refractivity contribution < 1.29 is 19.0 Å². The SMILES string of the molecule is COc1ccc([C@@H](C(=O)O)N(C)CCN2CCCC2)cc1F. The van der Waals surface area contributed by atoms with Crippen molar-refractivity contribution >= 4 is 5.97 Å². The van der Waals surface area contributed by atoms with Crippen molar-refractivity contribution in [3.05, 3.63) is 29.6 Å². The number of ether oxygens (including phenoxy) is 1. The van der Waals surface area contributed by atoms with Crippen LogP contribution in [0.25, 0.3) is 0 Å². The second kappa shape index (κ2) is 7.56. The summed E-state index contributed by atoms with van der Waals surface area (Å²) in [6, 6.07) is 3.45. The van der Waals surface area contributed by atoms with E-state index in [2.05, 4.69) is 4.90 Å². The van der Waals surface area contributed by atoms with E-state index >= 15 is 0 Å². The summed E-state index contributed by atoms with van der Waals surface area (Å²) in [5, 5.41) is 9.50. The van der Waals surface area contributed by atoms with Crippen LogP contribution in [0.2, 0.25) is 0 Å². The minimum absolute atomic E-state index is 0.118. The molecule has 1 N–H and O–H groups in total. The molecule has 1 aromatic rings. The summed E-state index contributed by atoms with van der Waals surface area (Å²) in [5.41, 5.74) is 0.426. The second-order valence-corrected chi connectivity index (χ2v) is 5.66. The quantitative estimate of drug-likeness (QED) is 0.835. The highest BCUT2D eigenvalue weighted by atomic mass is 19.1. The number of carboxylic acids is 1. The van der Waals surface area contributed by atoms with Crippen molar-refractivity contribution in [2.24, 2.45) is 0 Å². The molecule has 0 unspecified atom stereocenters. The lowest BCUT2D eigenvalue weighted by atomic mass is 10.1. The van der Waals surface area contributed by atoms with E-state index in [9.17, 15) is 14.3 Å². The van der Waals surface area contributed by atoms with Crippen LogP contribution in [-0.2, 0) is 4.79 Å². The molecule has 0 amide bonds. The van der Waals surface area contributed by atoms with Gasteiger partial charge in [0, 0.05) is 13.1 Å². The van der Waals surface area contributed by atoms with E-state index < -0.39 is 17.8 Å². The lowest BCUT2D eigenvalue weighted by Gasteiger charge is -2.27. The molecular formula is C16H23FN2O3. The molecule has 6 heteroatoms. The molecule has 0 radical (unpaired) electrons. The molecule has 1 atom stereocenters. The fourth-order valence-corrected chi connectivity index (χ4v) is 2.87. The van der Waals surface area contributed by atoms with E-state index in [1.54, 1.807) is 18.0 Å².